The van der Waals surface area contributed by atoms with Crippen molar-refractivity contribution in [3.63, 3.8) is 0 Å². The van der Waals surface area contributed by atoms with Crippen molar-refractivity contribution in [2.24, 2.45) is 0 Å². The van der Waals surface area contributed by atoms with Gasteiger partial charge in [-0.3, -0.25) is 4.79 Å². The van der Waals surface area contributed by atoms with Crippen LogP contribution in [0.1, 0.15) is 40.1 Å². The minimum absolute atomic E-state index is 0.114. The van der Waals surface area contributed by atoms with Crippen molar-refractivity contribution in [2.75, 3.05) is 20.2 Å². The molecule has 0 fully saturated rings. The number of carbonyl (C=O) groups is 2. The molecule has 5 nitrogen and oxygen atoms in total. The van der Waals surface area contributed by atoms with Crippen molar-refractivity contribution in [1.82, 2.24) is 4.90 Å². The predicted molar refractivity (Wildman–Crippen MR) is 96.4 cm³/mol. The van der Waals surface area contributed by atoms with Crippen molar-refractivity contribution >= 4 is 11.9 Å². The third kappa shape index (κ3) is 4.59. The van der Waals surface area contributed by atoms with Gasteiger partial charge >= 0.3 is 5.97 Å². The Hall–Kier alpha value is -2.82. The van der Waals surface area contributed by atoms with E-state index in [2.05, 4.69) is 0 Å². The number of rotatable bonds is 6. The van der Waals surface area contributed by atoms with E-state index in [0.717, 1.165) is 11.3 Å². The Labute approximate surface area is 148 Å². The maximum atomic E-state index is 12.3. The molecule has 0 aromatic heterocycles. The highest BCUT2D eigenvalue weighted by Gasteiger charge is 2.14. The standard InChI is InChI=1S/C20H23NO4/c1-5-21(4)19(22)15-8-7-9-17(13-15)25-20(23)16-10-11-18(24-6-2)14(3)12-16/h7-13H,5-6H2,1-4H3. The number of benzene rings is 2. The minimum atomic E-state index is -0.473. The molecule has 2 rings (SSSR count). The van der Waals surface area contributed by atoms with E-state index in [0.29, 0.717) is 30.0 Å². The number of carbonyl (C=O) groups excluding carboxylic acids is 2. The molecule has 2 aromatic carbocycles. The number of hydrogen-bond donors (Lipinski definition) is 0. The summed E-state index contributed by atoms with van der Waals surface area (Å²) in [7, 11) is 1.73. The van der Waals surface area contributed by atoms with Gasteiger partial charge in [-0.25, -0.2) is 4.79 Å². The van der Waals surface area contributed by atoms with Crippen molar-refractivity contribution in [3.05, 3.63) is 59.2 Å². The van der Waals surface area contributed by atoms with Gasteiger partial charge in [0.1, 0.15) is 11.5 Å². The molecule has 5 heteroatoms. The molecule has 0 radical (unpaired) electrons. The Morgan fingerprint density at radius 1 is 1.04 bits per heavy atom. The van der Waals surface area contributed by atoms with E-state index in [9.17, 15) is 9.59 Å². The molecule has 0 saturated carbocycles. The molecule has 0 aliphatic carbocycles. The van der Waals surface area contributed by atoms with Crippen LogP contribution in [-0.2, 0) is 0 Å². The SMILES string of the molecule is CCOc1ccc(C(=O)Oc2cccc(C(=O)N(C)CC)c2)cc1C. The molecule has 0 spiro atoms. The van der Waals surface area contributed by atoms with Crippen LogP contribution in [0.25, 0.3) is 0 Å². The summed E-state index contributed by atoms with van der Waals surface area (Å²) in [5.41, 5.74) is 1.78. The number of amides is 1. The van der Waals surface area contributed by atoms with Crippen LogP contribution in [0.5, 0.6) is 11.5 Å². The van der Waals surface area contributed by atoms with Crippen LogP contribution in [0.3, 0.4) is 0 Å². The molecular weight excluding hydrogens is 318 g/mol. The van der Waals surface area contributed by atoms with Gasteiger partial charge in [-0.15, -0.1) is 0 Å². The number of nitrogens with zero attached hydrogens (tertiary/aromatic N) is 1. The van der Waals surface area contributed by atoms with Gasteiger partial charge in [0.2, 0.25) is 0 Å². The van der Waals surface area contributed by atoms with Crippen molar-refractivity contribution in [2.45, 2.75) is 20.8 Å². The van der Waals surface area contributed by atoms with Gasteiger partial charge in [0.15, 0.2) is 0 Å². The van der Waals surface area contributed by atoms with Crippen molar-refractivity contribution in [1.29, 1.82) is 0 Å². The highest BCUT2D eigenvalue weighted by molar-refractivity contribution is 5.95. The Bertz CT molecular complexity index is 770. The summed E-state index contributed by atoms with van der Waals surface area (Å²) in [6.45, 7) is 6.86. The Morgan fingerprint density at radius 2 is 1.80 bits per heavy atom. The van der Waals surface area contributed by atoms with Gasteiger partial charge in [0, 0.05) is 19.2 Å². The first-order valence-electron chi connectivity index (χ1n) is 8.27. The van der Waals surface area contributed by atoms with E-state index < -0.39 is 5.97 Å². The molecule has 132 valence electrons. The fourth-order valence-electron chi connectivity index (χ4n) is 2.32. The predicted octanol–water partition coefficient (Wildman–Crippen LogP) is 3.70. The summed E-state index contributed by atoms with van der Waals surface area (Å²) in [6.07, 6.45) is 0. The number of aryl methyl sites for hydroxylation is 1. The smallest absolute Gasteiger partial charge is 0.343 e. The van der Waals surface area contributed by atoms with Crippen LogP contribution < -0.4 is 9.47 Å². The Kier molecular flexibility index (Phi) is 6.17. The van der Waals surface area contributed by atoms with Crippen LogP contribution in [0.4, 0.5) is 0 Å². The number of esters is 1. The highest BCUT2D eigenvalue weighted by Crippen LogP contribution is 2.21. The van der Waals surface area contributed by atoms with E-state index >= 15 is 0 Å². The average molecular weight is 341 g/mol. The van der Waals surface area contributed by atoms with E-state index in [-0.39, 0.29) is 5.91 Å². The third-order valence-corrected chi connectivity index (χ3v) is 3.82. The van der Waals surface area contributed by atoms with E-state index in [4.69, 9.17) is 9.47 Å². The summed E-state index contributed by atoms with van der Waals surface area (Å²) < 4.78 is 10.9. The molecule has 0 saturated heterocycles. The summed E-state index contributed by atoms with van der Waals surface area (Å²) in [6, 6.07) is 11.8. The molecule has 2 aromatic rings. The molecule has 0 N–H and O–H groups in total. The minimum Gasteiger partial charge on any atom is -0.494 e. The summed E-state index contributed by atoms with van der Waals surface area (Å²) in [5.74, 6) is 0.498. The Morgan fingerprint density at radius 3 is 2.44 bits per heavy atom. The van der Waals surface area contributed by atoms with Crippen LogP contribution in [0, 0.1) is 6.92 Å². The van der Waals surface area contributed by atoms with Gasteiger partial charge in [0.05, 0.1) is 12.2 Å². The second-order valence-electron chi connectivity index (χ2n) is 5.65. The summed E-state index contributed by atoms with van der Waals surface area (Å²) >= 11 is 0. The van der Waals surface area contributed by atoms with Crippen molar-refractivity contribution in [3.8, 4) is 11.5 Å². The van der Waals surface area contributed by atoms with Crippen LogP contribution in [-0.4, -0.2) is 37.0 Å². The number of ether oxygens (including phenoxy) is 2. The van der Waals surface area contributed by atoms with Gasteiger partial charge in [-0.05, 0) is 62.7 Å². The fraction of sp³-hybridized carbons (Fsp3) is 0.300. The van der Waals surface area contributed by atoms with E-state index in [1.54, 1.807) is 54.4 Å². The zero-order valence-electron chi connectivity index (χ0n) is 15.0. The summed E-state index contributed by atoms with van der Waals surface area (Å²) in [4.78, 5) is 26.1. The molecule has 0 bridgehead atoms. The molecule has 25 heavy (non-hydrogen) atoms. The van der Waals surface area contributed by atoms with E-state index in [1.807, 2.05) is 20.8 Å². The topological polar surface area (TPSA) is 55.8 Å². The first-order chi connectivity index (χ1) is 12.0. The molecule has 0 aliphatic heterocycles. The van der Waals surface area contributed by atoms with Gasteiger partial charge < -0.3 is 14.4 Å². The lowest BCUT2D eigenvalue weighted by Crippen LogP contribution is -2.26. The third-order valence-electron chi connectivity index (χ3n) is 3.82. The normalized spacial score (nSPS) is 10.2. The Balaban J connectivity index is 2.15. The molecular formula is C20H23NO4. The maximum absolute atomic E-state index is 12.3. The molecule has 0 heterocycles. The molecule has 0 unspecified atom stereocenters. The zero-order valence-corrected chi connectivity index (χ0v) is 15.0. The zero-order chi connectivity index (χ0) is 18.4. The lowest BCUT2D eigenvalue weighted by Gasteiger charge is -2.15. The number of hydrogen-bond acceptors (Lipinski definition) is 4. The van der Waals surface area contributed by atoms with E-state index in [1.165, 1.54) is 0 Å². The fourth-order valence-corrected chi connectivity index (χ4v) is 2.32. The molecule has 0 aliphatic rings. The second-order valence-corrected chi connectivity index (χ2v) is 5.65. The molecule has 0 atom stereocenters. The first kappa shape index (κ1) is 18.5. The summed E-state index contributed by atoms with van der Waals surface area (Å²) in [5, 5.41) is 0. The van der Waals surface area contributed by atoms with Crippen LogP contribution in [0.15, 0.2) is 42.5 Å². The van der Waals surface area contributed by atoms with Gasteiger partial charge in [0.25, 0.3) is 5.91 Å². The molecule has 1 amide bonds. The maximum Gasteiger partial charge on any atom is 0.343 e. The average Bonchev–Trinajstić information content (AvgIpc) is 2.62. The quantitative estimate of drug-likeness (QED) is 0.594. The van der Waals surface area contributed by atoms with Crippen LogP contribution >= 0.6 is 0 Å². The van der Waals surface area contributed by atoms with Gasteiger partial charge in [-0.2, -0.15) is 0 Å². The second kappa shape index (κ2) is 8.33. The largest absolute Gasteiger partial charge is 0.494 e. The lowest BCUT2D eigenvalue weighted by atomic mass is 10.1. The van der Waals surface area contributed by atoms with Crippen LogP contribution in [0.2, 0.25) is 0 Å². The monoisotopic (exact) mass is 341 g/mol. The highest BCUT2D eigenvalue weighted by atomic mass is 16.5. The first-order valence-corrected chi connectivity index (χ1v) is 8.27. The van der Waals surface area contributed by atoms with Gasteiger partial charge in [-0.1, -0.05) is 6.07 Å². The van der Waals surface area contributed by atoms with Crippen molar-refractivity contribution < 1.29 is 19.1 Å². The lowest BCUT2D eigenvalue weighted by molar-refractivity contribution is 0.0730.